The Kier molecular flexibility index (Phi) is 3.48. The van der Waals surface area contributed by atoms with Crippen molar-refractivity contribution in [3.05, 3.63) is 18.7 Å². The molecule has 1 aromatic rings. The number of rotatable bonds is 5. The molecule has 74 valence electrons. The summed E-state index contributed by atoms with van der Waals surface area (Å²) in [6.07, 6.45) is 8.00. The zero-order valence-electron chi connectivity index (χ0n) is 8.53. The van der Waals surface area contributed by atoms with E-state index in [0.29, 0.717) is 0 Å². The van der Waals surface area contributed by atoms with Gasteiger partial charge >= 0.3 is 0 Å². The van der Waals surface area contributed by atoms with Crippen LogP contribution >= 0.6 is 0 Å². The molecule has 0 saturated carbocycles. The molecule has 0 atom stereocenters. The van der Waals surface area contributed by atoms with Crippen molar-refractivity contribution in [2.24, 2.45) is 11.1 Å². The predicted octanol–water partition coefficient (Wildman–Crippen LogP) is 1.65. The molecule has 0 bridgehead atoms. The molecule has 1 aromatic heterocycles. The third-order valence-electron chi connectivity index (χ3n) is 2.38. The first kappa shape index (κ1) is 10.3. The van der Waals surface area contributed by atoms with E-state index in [-0.39, 0.29) is 5.41 Å². The van der Waals surface area contributed by atoms with E-state index in [1.54, 1.807) is 0 Å². The second-order valence-electron chi connectivity index (χ2n) is 4.27. The average Bonchev–Trinajstić information content (AvgIpc) is 2.57. The number of aryl methyl sites for hydroxylation is 1. The molecule has 0 fully saturated rings. The minimum Gasteiger partial charge on any atom is -0.337 e. The van der Waals surface area contributed by atoms with Crippen LogP contribution in [0.5, 0.6) is 0 Å². The van der Waals surface area contributed by atoms with Crippen molar-refractivity contribution in [1.29, 1.82) is 0 Å². The quantitative estimate of drug-likeness (QED) is 0.750. The Morgan fingerprint density at radius 1 is 1.46 bits per heavy atom. The number of aromatic nitrogens is 2. The summed E-state index contributed by atoms with van der Waals surface area (Å²) in [4.78, 5) is 4.00. The minimum absolute atomic E-state index is 0.278. The fourth-order valence-corrected chi connectivity index (χ4v) is 1.26. The molecule has 2 N–H and O–H groups in total. The lowest BCUT2D eigenvalue weighted by molar-refractivity contribution is 0.327. The molecule has 0 aromatic carbocycles. The molecule has 1 heterocycles. The topological polar surface area (TPSA) is 43.8 Å². The van der Waals surface area contributed by atoms with Gasteiger partial charge in [0.25, 0.3) is 0 Å². The highest BCUT2D eigenvalue weighted by molar-refractivity contribution is 4.75. The Labute approximate surface area is 80.0 Å². The molecule has 0 aliphatic carbocycles. The molecule has 0 saturated heterocycles. The van der Waals surface area contributed by atoms with Crippen LogP contribution in [0.3, 0.4) is 0 Å². The van der Waals surface area contributed by atoms with E-state index >= 15 is 0 Å². The summed E-state index contributed by atoms with van der Waals surface area (Å²) in [6, 6.07) is 0. The average molecular weight is 181 g/mol. The second kappa shape index (κ2) is 4.42. The fourth-order valence-electron chi connectivity index (χ4n) is 1.26. The molecular formula is C10H19N3. The maximum Gasteiger partial charge on any atom is 0.0945 e. The van der Waals surface area contributed by atoms with Crippen molar-refractivity contribution in [2.75, 3.05) is 6.54 Å². The lowest BCUT2D eigenvalue weighted by Crippen LogP contribution is -2.23. The molecule has 0 aliphatic rings. The monoisotopic (exact) mass is 181 g/mol. The third-order valence-corrected chi connectivity index (χ3v) is 2.38. The summed E-state index contributed by atoms with van der Waals surface area (Å²) in [7, 11) is 0. The Morgan fingerprint density at radius 2 is 2.23 bits per heavy atom. The molecule has 3 heteroatoms. The van der Waals surface area contributed by atoms with E-state index in [9.17, 15) is 0 Å². The highest BCUT2D eigenvalue weighted by atomic mass is 15.0. The zero-order chi connectivity index (χ0) is 9.73. The molecule has 1 rings (SSSR count). The number of imidazole rings is 1. The number of nitrogens with zero attached hydrogens (tertiary/aromatic N) is 2. The molecule has 13 heavy (non-hydrogen) atoms. The lowest BCUT2D eigenvalue weighted by Gasteiger charge is -2.21. The van der Waals surface area contributed by atoms with Gasteiger partial charge in [0.05, 0.1) is 6.33 Å². The Balaban J connectivity index is 2.21. The van der Waals surface area contributed by atoms with Crippen LogP contribution in [-0.2, 0) is 6.54 Å². The van der Waals surface area contributed by atoms with E-state index in [4.69, 9.17) is 5.73 Å². The van der Waals surface area contributed by atoms with Crippen LogP contribution in [0.1, 0.15) is 26.7 Å². The minimum atomic E-state index is 0.278. The molecule has 0 unspecified atom stereocenters. The van der Waals surface area contributed by atoms with Gasteiger partial charge in [-0.2, -0.15) is 0 Å². The van der Waals surface area contributed by atoms with Gasteiger partial charge in [-0.3, -0.25) is 0 Å². The summed E-state index contributed by atoms with van der Waals surface area (Å²) in [5.41, 5.74) is 5.92. The van der Waals surface area contributed by atoms with E-state index in [1.807, 2.05) is 18.7 Å². The largest absolute Gasteiger partial charge is 0.337 e. The normalized spacial score (nSPS) is 11.9. The van der Waals surface area contributed by atoms with Crippen LogP contribution in [0.2, 0.25) is 0 Å². The first-order valence-corrected chi connectivity index (χ1v) is 4.80. The third kappa shape index (κ3) is 3.59. The first-order chi connectivity index (χ1) is 6.14. The summed E-state index contributed by atoms with van der Waals surface area (Å²) in [6.45, 7) is 6.22. The van der Waals surface area contributed by atoms with E-state index in [2.05, 4.69) is 23.4 Å². The van der Waals surface area contributed by atoms with Crippen LogP contribution in [0.4, 0.5) is 0 Å². The smallest absolute Gasteiger partial charge is 0.0945 e. The van der Waals surface area contributed by atoms with E-state index in [1.165, 1.54) is 12.8 Å². The zero-order valence-corrected chi connectivity index (χ0v) is 8.53. The van der Waals surface area contributed by atoms with Gasteiger partial charge in [0.15, 0.2) is 0 Å². The van der Waals surface area contributed by atoms with Gasteiger partial charge in [-0.05, 0) is 24.8 Å². The Morgan fingerprint density at radius 3 is 2.77 bits per heavy atom. The van der Waals surface area contributed by atoms with Gasteiger partial charge in [0.1, 0.15) is 0 Å². The van der Waals surface area contributed by atoms with Gasteiger partial charge in [0, 0.05) is 18.9 Å². The van der Waals surface area contributed by atoms with Crippen LogP contribution in [0.25, 0.3) is 0 Å². The van der Waals surface area contributed by atoms with Gasteiger partial charge in [0.2, 0.25) is 0 Å². The summed E-state index contributed by atoms with van der Waals surface area (Å²) in [5.74, 6) is 0. The fraction of sp³-hybridized carbons (Fsp3) is 0.700. The summed E-state index contributed by atoms with van der Waals surface area (Å²) >= 11 is 0. The van der Waals surface area contributed by atoms with Crippen molar-refractivity contribution in [3.8, 4) is 0 Å². The summed E-state index contributed by atoms with van der Waals surface area (Å²) in [5, 5.41) is 0. The predicted molar refractivity (Wildman–Crippen MR) is 54.3 cm³/mol. The molecule has 0 aliphatic heterocycles. The van der Waals surface area contributed by atoms with Crippen LogP contribution in [-0.4, -0.2) is 16.1 Å². The molecule has 0 amide bonds. The highest BCUT2D eigenvalue weighted by Crippen LogP contribution is 2.20. The number of hydrogen-bond acceptors (Lipinski definition) is 2. The Bertz CT molecular complexity index is 226. The standard InChI is InChI=1S/C10H19N3/c1-10(2,8-11)4-3-6-13-7-5-12-9-13/h5,7,9H,3-4,6,8,11H2,1-2H3. The maximum atomic E-state index is 5.65. The van der Waals surface area contributed by atoms with Crippen LogP contribution < -0.4 is 5.73 Å². The molecule has 0 radical (unpaired) electrons. The van der Waals surface area contributed by atoms with Crippen molar-refractivity contribution < 1.29 is 0 Å². The van der Waals surface area contributed by atoms with Gasteiger partial charge in [-0.1, -0.05) is 13.8 Å². The van der Waals surface area contributed by atoms with E-state index < -0.39 is 0 Å². The van der Waals surface area contributed by atoms with Gasteiger partial charge in [-0.25, -0.2) is 4.98 Å². The molecular weight excluding hydrogens is 162 g/mol. The number of hydrogen-bond donors (Lipinski definition) is 1. The van der Waals surface area contributed by atoms with Crippen molar-refractivity contribution >= 4 is 0 Å². The maximum absolute atomic E-state index is 5.65. The second-order valence-corrected chi connectivity index (χ2v) is 4.27. The van der Waals surface area contributed by atoms with Crippen molar-refractivity contribution in [3.63, 3.8) is 0 Å². The molecule has 3 nitrogen and oxygen atoms in total. The Hall–Kier alpha value is -0.830. The number of nitrogens with two attached hydrogens (primary N) is 1. The van der Waals surface area contributed by atoms with Crippen LogP contribution in [0, 0.1) is 5.41 Å². The van der Waals surface area contributed by atoms with Gasteiger partial charge < -0.3 is 10.3 Å². The first-order valence-electron chi connectivity index (χ1n) is 4.80. The lowest BCUT2D eigenvalue weighted by atomic mass is 9.88. The molecule has 0 spiro atoms. The van der Waals surface area contributed by atoms with Crippen molar-refractivity contribution in [1.82, 2.24) is 9.55 Å². The van der Waals surface area contributed by atoms with Gasteiger partial charge in [-0.15, -0.1) is 0 Å². The van der Waals surface area contributed by atoms with E-state index in [0.717, 1.165) is 13.1 Å². The van der Waals surface area contributed by atoms with Crippen molar-refractivity contribution in [2.45, 2.75) is 33.2 Å². The van der Waals surface area contributed by atoms with Crippen LogP contribution in [0.15, 0.2) is 18.7 Å². The highest BCUT2D eigenvalue weighted by Gasteiger charge is 2.14. The summed E-state index contributed by atoms with van der Waals surface area (Å²) < 4.78 is 2.10. The SMILES string of the molecule is CC(C)(CN)CCCn1ccnc1.